The number of ether oxygens (including phenoxy) is 1. The average molecular weight is 572 g/mol. The van der Waals surface area contributed by atoms with E-state index in [0.29, 0.717) is 67.2 Å². The highest BCUT2D eigenvalue weighted by Crippen LogP contribution is 2.55. The molecule has 0 unspecified atom stereocenters. The molecule has 3 aromatic rings. The summed E-state index contributed by atoms with van der Waals surface area (Å²) in [4.78, 5) is 11.8. The molecule has 0 radical (unpaired) electrons. The van der Waals surface area contributed by atoms with Gasteiger partial charge < -0.3 is 25.4 Å². The van der Waals surface area contributed by atoms with E-state index >= 15 is 0 Å². The van der Waals surface area contributed by atoms with E-state index in [-0.39, 0.29) is 17.5 Å². The molecule has 1 aliphatic carbocycles. The first-order chi connectivity index (χ1) is 18.7. The van der Waals surface area contributed by atoms with Crippen LogP contribution in [0.1, 0.15) is 25.5 Å². The van der Waals surface area contributed by atoms with Crippen LogP contribution in [0.4, 0.5) is 15.9 Å². The number of nitrogens with one attached hydrogen (secondary N) is 2. The normalized spacial score (nSPS) is 18.4. The van der Waals surface area contributed by atoms with Crippen molar-refractivity contribution in [2.45, 2.75) is 35.4 Å². The van der Waals surface area contributed by atoms with Gasteiger partial charge in [0.25, 0.3) is 0 Å². The van der Waals surface area contributed by atoms with Crippen LogP contribution < -0.4 is 15.5 Å². The van der Waals surface area contributed by atoms with Crippen molar-refractivity contribution < 1.29 is 22.7 Å². The van der Waals surface area contributed by atoms with Gasteiger partial charge >= 0.3 is 0 Å². The zero-order valence-corrected chi connectivity index (χ0v) is 23.1. The number of hydrogen-bond donors (Lipinski definition) is 3. The number of hydrogen-bond acceptors (Lipinski definition) is 8. The van der Waals surface area contributed by atoms with Crippen LogP contribution in [-0.4, -0.2) is 67.6 Å². The fourth-order valence-corrected chi connectivity index (χ4v) is 6.86. The van der Waals surface area contributed by atoms with E-state index in [1.807, 2.05) is 31.2 Å². The summed E-state index contributed by atoms with van der Waals surface area (Å²) in [7, 11) is -3.83. The van der Waals surface area contributed by atoms with E-state index in [1.165, 1.54) is 12.1 Å². The standard InChI is InChI=1S/C27H30FN5O4S2/c1-18-17-37-15-13-33(18)24-16-23(27(10-11-27)39(35,36)22-8-4-20(28)5-9-22)31-25(32-24)19-2-6-21(7-3-19)30-26(38)29-12-14-34/h2-9,16,18,34H,10-15,17H2,1H3,(H2,29,30,38)/t18-/m0/s1. The maximum Gasteiger partial charge on any atom is 0.189 e. The molecular weight excluding hydrogens is 541 g/mol. The summed E-state index contributed by atoms with van der Waals surface area (Å²) in [5.41, 5.74) is 1.89. The first-order valence-corrected chi connectivity index (χ1v) is 14.6. The number of anilines is 2. The Balaban J connectivity index is 1.53. The zero-order chi connectivity index (χ0) is 27.6. The summed E-state index contributed by atoms with van der Waals surface area (Å²) in [6.07, 6.45) is 0.838. The molecule has 1 aliphatic heterocycles. The Morgan fingerprint density at radius 2 is 1.90 bits per heavy atom. The van der Waals surface area contributed by atoms with Gasteiger partial charge in [-0.1, -0.05) is 0 Å². The molecule has 1 saturated heterocycles. The average Bonchev–Trinajstić information content (AvgIpc) is 3.76. The number of nitrogens with zero attached hydrogens (tertiary/aromatic N) is 3. The number of halogens is 1. The third-order valence-corrected chi connectivity index (χ3v) is 9.77. The molecule has 0 amide bonds. The summed E-state index contributed by atoms with van der Waals surface area (Å²) in [5, 5.41) is 15.3. The van der Waals surface area contributed by atoms with Crippen molar-refractivity contribution in [3.8, 4) is 11.4 Å². The molecule has 0 spiro atoms. The number of aliphatic hydroxyl groups is 1. The maximum absolute atomic E-state index is 13.8. The van der Waals surface area contributed by atoms with Crippen molar-refractivity contribution in [2.75, 3.05) is 43.1 Å². The molecule has 1 aromatic heterocycles. The highest BCUT2D eigenvalue weighted by molar-refractivity contribution is 7.92. The van der Waals surface area contributed by atoms with E-state index in [2.05, 4.69) is 15.5 Å². The van der Waals surface area contributed by atoms with Gasteiger partial charge in [-0.05, 0) is 80.5 Å². The number of thiocarbonyl (C=S) groups is 1. The topological polar surface area (TPSA) is 117 Å². The van der Waals surface area contributed by atoms with Crippen molar-refractivity contribution >= 4 is 38.7 Å². The van der Waals surface area contributed by atoms with Crippen LogP contribution in [0.25, 0.3) is 11.4 Å². The van der Waals surface area contributed by atoms with Crippen LogP contribution >= 0.6 is 12.2 Å². The Hall–Kier alpha value is -3.19. The van der Waals surface area contributed by atoms with E-state index < -0.39 is 20.4 Å². The SMILES string of the molecule is C[C@H]1COCCN1c1cc(C2(S(=O)(=O)c3ccc(F)cc3)CC2)nc(-c2ccc(NC(=S)NCCO)cc2)n1. The van der Waals surface area contributed by atoms with Crippen LogP contribution in [-0.2, 0) is 19.3 Å². The van der Waals surface area contributed by atoms with Gasteiger partial charge in [-0.25, -0.2) is 22.8 Å². The summed E-state index contributed by atoms with van der Waals surface area (Å²) in [6, 6.07) is 14.1. The number of sulfone groups is 1. The van der Waals surface area contributed by atoms with E-state index in [4.69, 9.17) is 32.0 Å². The van der Waals surface area contributed by atoms with Gasteiger partial charge in [0.1, 0.15) is 16.4 Å². The predicted octanol–water partition coefficient (Wildman–Crippen LogP) is 3.25. The highest BCUT2D eigenvalue weighted by atomic mass is 32.2. The molecule has 2 aromatic carbocycles. The molecule has 1 saturated carbocycles. The Morgan fingerprint density at radius 3 is 2.54 bits per heavy atom. The molecule has 2 heterocycles. The van der Waals surface area contributed by atoms with Gasteiger partial charge in [0.15, 0.2) is 20.8 Å². The summed E-state index contributed by atoms with van der Waals surface area (Å²) in [6.45, 7) is 4.06. The maximum atomic E-state index is 13.8. The number of benzene rings is 2. The van der Waals surface area contributed by atoms with Crippen molar-refractivity contribution in [1.29, 1.82) is 0 Å². The Labute approximate surface area is 232 Å². The second-order valence-corrected chi connectivity index (χ2v) is 12.4. The van der Waals surface area contributed by atoms with Crippen LogP contribution in [0.2, 0.25) is 0 Å². The lowest BCUT2D eigenvalue weighted by Crippen LogP contribution is -2.44. The van der Waals surface area contributed by atoms with Gasteiger partial charge in [0.05, 0.1) is 36.5 Å². The zero-order valence-electron chi connectivity index (χ0n) is 21.4. The van der Waals surface area contributed by atoms with Crippen LogP contribution in [0.5, 0.6) is 0 Å². The molecule has 2 aliphatic rings. The molecule has 3 N–H and O–H groups in total. The molecule has 2 fully saturated rings. The summed E-state index contributed by atoms with van der Waals surface area (Å²) < 4.78 is 45.5. The fraction of sp³-hybridized carbons (Fsp3) is 0.370. The number of morpholine rings is 1. The molecule has 12 heteroatoms. The first-order valence-electron chi connectivity index (χ1n) is 12.7. The van der Waals surface area contributed by atoms with E-state index in [9.17, 15) is 12.8 Å². The second kappa shape index (κ2) is 11.1. The van der Waals surface area contributed by atoms with Gasteiger partial charge in [0.2, 0.25) is 0 Å². The molecule has 206 valence electrons. The summed E-state index contributed by atoms with van der Waals surface area (Å²) >= 11 is 5.22. The number of rotatable bonds is 8. The van der Waals surface area contributed by atoms with E-state index in [0.717, 1.165) is 17.8 Å². The van der Waals surface area contributed by atoms with Gasteiger partial charge in [0, 0.05) is 30.4 Å². The molecular formula is C27H30FN5O4S2. The number of aromatic nitrogens is 2. The molecule has 9 nitrogen and oxygen atoms in total. The van der Waals surface area contributed by atoms with Gasteiger partial charge in [-0.3, -0.25) is 0 Å². The Kier molecular flexibility index (Phi) is 7.81. The minimum Gasteiger partial charge on any atom is -0.395 e. The third-order valence-electron chi connectivity index (χ3n) is 6.98. The second-order valence-electron chi connectivity index (χ2n) is 9.69. The Bertz CT molecular complexity index is 1450. The lowest BCUT2D eigenvalue weighted by atomic mass is 10.1. The molecule has 39 heavy (non-hydrogen) atoms. The molecule has 1 atom stereocenters. The lowest BCUT2D eigenvalue weighted by Gasteiger charge is -2.34. The predicted molar refractivity (Wildman–Crippen MR) is 151 cm³/mol. The van der Waals surface area contributed by atoms with Crippen molar-refractivity contribution in [1.82, 2.24) is 15.3 Å². The minimum atomic E-state index is -3.83. The monoisotopic (exact) mass is 571 g/mol. The third kappa shape index (κ3) is 5.60. The van der Waals surface area contributed by atoms with Crippen LogP contribution in [0, 0.1) is 5.82 Å². The van der Waals surface area contributed by atoms with Crippen molar-refractivity contribution in [3.05, 3.63) is 66.1 Å². The van der Waals surface area contributed by atoms with Crippen LogP contribution in [0.3, 0.4) is 0 Å². The molecule has 5 rings (SSSR count). The lowest BCUT2D eigenvalue weighted by molar-refractivity contribution is 0.0985. The van der Waals surface area contributed by atoms with Crippen molar-refractivity contribution in [3.63, 3.8) is 0 Å². The Morgan fingerprint density at radius 1 is 1.18 bits per heavy atom. The highest BCUT2D eigenvalue weighted by Gasteiger charge is 2.58. The summed E-state index contributed by atoms with van der Waals surface area (Å²) in [5.74, 6) is 0.562. The first kappa shape index (κ1) is 27.4. The largest absolute Gasteiger partial charge is 0.395 e. The van der Waals surface area contributed by atoms with Crippen molar-refractivity contribution in [2.24, 2.45) is 0 Å². The number of aliphatic hydroxyl groups excluding tert-OH is 1. The smallest absolute Gasteiger partial charge is 0.189 e. The van der Waals surface area contributed by atoms with E-state index in [1.54, 1.807) is 6.07 Å². The van der Waals surface area contributed by atoms with Gasteiger partial charge in [-0.15, -0.1) is 0 Å². The van der Waals surface area contributed by atoms with Gasteiger partial charge in [-0.2, -0.15) is 0 Å². The quantitative estimate of drug-likeness (QED) is 0.275. The minimum absolute atomic E-state index is 0.0309. The van der Waals surface area contributed by atoms with Crippen LogP contribution in [0.15, 0.2) is 59.5 Å². The molecule has 0 bridgehead atoms. The fourth-order valence-electron chi connectivity index (χ4n) is 4.67.